The molecule has 0 aliphatic carbocycles. The highest BCUT2D eigenvalue weighted by Crippen LogP contribution is 2.20. The van der Waals surface area contributed by atoms with Crippen LogP contribution in [-0.2, 0) is 17.9 Å². The Bertz CT molecular complexity index is 856. The number of imidazole rings is 1. The molecule has 0 radical (unpaired) electrons. The van der Waals surface area contributed by atoms with Crippen molar-refractivity contribution in [3.05, 3.63) is 64.9 Å². The quantitative estimate of drug-likeness (QED) is 0.748. The van der Waals surface area contributed by atoms with E-state index in [1.807, 2.05) is 36.4 Å². The van der Waals surface area contributed by atoms with Crippen LogP contribution < -0.4 is 5.32 Å². The molecule has 1 unspecified atom stereocenters. The highest BCUT2D eigenvalue weighted by Gasteiger charge is 2.16. The number of nitrogens with zero attached hydrogens (tertiary/aromatic N) is 2. The van der Waals surface area contributed by atoms with E-state index in [0.29, 0.717) is 17.4 Å². The van der Waals surface area contributed by atoms with Gasteiger partial charge in [-0.2, -0.15) is 0 Å². The Morgan fingerprint density at radius 2 is 1.96 bits per heavy atom. The molecule has 124 valence electrons. The molecular formula is C18H18ClN3O2. The fraction of sp³-hybridized carbons (Fsp3) is 0.222. The Morgan fingerprint density at radius 1 is 1.25 bits per heavy atom. The third-order valence-electron chi connectivity index (χ3n) is 3.76. The van der Waals surface area contributed by atoms with Crippen LogP contribution in [0.15, 0.2) is 48.5 Å². The van der Waals surface area contributed by atoms with E-state index >= 15 is 0 Å². The smallest absolute Gasteiger partial charge is 0.240 e. The van der Waals surface area contributed by atoms with Crippen LogP contribution in [0, 0.1) is 0 Å². The van der Waals surface area contributed by atoms with Gasteiger partial charge in [-0.25, -0.2) is 4.98 Å². The number of rotatable bonds is 5. The summed E-state index contributed by atoms with van der Waals surface area (Å²) in [6.07, 6.45) is -0.749. The van der Waals surface area contributed by atoms with Gasteiger partial charge in [0.2, 0.25) is 5.91 Å². The number of carbonyl (C=O) groups excluding carboxylic acids is 1. The summed E-state index contributed by atoms with van der Waals surface area (Å²) in [5.74, 6) is 0.341. The number of aliphatic hydroxyl groups excluding tert-OH is 1. The molecule has 6 heteroatoms. The molecule has 1 heterocycles. The maximum absolute atomic E-state index is 12.3. The van der Waals surface area contributed by atoms with E-state index in [0.717, 1.165) is 16.6 Å². The summed E-state index contributed by atoms with van der Waals surface area (Å²) in [5.41, 5.74) is 2.56. The highest BCUT2D eigenvalue weighted by molar-refractivity contribution is 6.30. The number of aliphatic hydroxyl groups is 1. The van der Waals surface area contributed by atoms with Gasteiger partial charge in [0, 0.05) is 11.6 Å². The number of halogens is 1. The van der Waals surface area contributed by atoms with Crippen molar-refractivity contribution in [3.63, 3.8) is 0 Å². The summed E-state index contributed by atoms with van der Waals surface area (Å²) in [6.45, 7) is 2.17. The molecule has 2 N–H and O–H groups in total. The number of amides is 1. The minimum atomic E-state index is -0.749. The lowest BCUT2D eigenvalue weighted by Gasteiger charge is -2.11. The maximum Gasteiger partial charge on any atom is 0.240 e. The lowest BCUT2D eigenvalue weighted by atomic mass is 10.2. The second kappa shape index (κ2) is 7.03. The Kier molecular flexibility index (Phi) is 4.83. The SMILES string of the molecule is CC(O)c1nc2ccccc2n1CC(=O)NCc1ccc(Cl)cc1. The minimum absolute atomic E-state index is 0.105. The van der Waals surface area contributed by atoms with Gasteiger partial charge in [0.05, 0.1) is 11.0 Å². The lowest BCUT2D eigenvalue weighted by Crippen LogP contribution is -2.28. The first-order valence-electron chi connectivity index (χ1n) is 7.69. The summed E-state index contributed by atoms with van der Waals surface area (Å²) >= 11 is 5.85. The van der Waals surface area contributed by atoms with E-state index < -0.39 is 6.10 Å². The minimum Gasteiger partial charge on any atom is -0.385 e. The number of fused-ring (bicyclic) bond motifs is 1. The van der Waals surface area contributed by atoms with Gasteiger partial charge in [-0.3, -0.25) is 4.79 Å². The average Bonchev–Trinajstić information content (AvgIpc) is 2.93. The summed E-state index contributed by atoms with van der Waals surface area (Å²) in [6, 6.07) is 14.8. The molecule has 1 atom stereocenters. The number of aromatic nitrogens is 2. The zero-order valence-corrected chi connectivity index (χ0v) is 14.0. The normalized spacial score (nSPS) is 12.3. The third kappa shape index (κ3) is 3.58. The van der Waals surface area contributed by atoms with Gasteiger partial charge in [0.1, 0.15) is 18.5 Å². The van der Waals surface area contributed by atoms with E-state index in [1.54, 1.807) is 23.6 Å². The van der Waals surface area contributed by atoms with E-state index in [1.165, 1.54) is 0 Å². The Labute approximate surface area is 144 Å². The van der Waals surface area contributed by atoms with Crippen LogP contribution in [-0.4, -0.2) is 20.6 Å². The van der Waals surface area contributed by atoms with Crippen LogP contribution in [0.4, 0.5) is 0 Å². The number of benzene rings is 2. The molecule has 0 aliphatic heterocycles. The molecule has 1 amide bonds. The molecule has 2 aromatic carbocycles. The van der Waals surface area contributed by atoms with Crippen molar-refractivity contribution in [2.45, 2.75) is 26.1 Å². The first-order valence-corrected chi connectivity index (χ1v) is 8.07. The van der Waals surface area contributed by atoms with Gasteiger partial charge < -0.3 is 15.0 Å². The molecule has 24 heavy (non-hydrogen) atoms. The van der Waals surface area contributed by atoms with Crippen LogP contribution in [0.1, 0.15) is 24.4 Å². The maximum atomic E-state index is 12.3. The first kappa shape index (κ1) is 16.5. The molecule has 0 aliphatic rings. The number of para-hydroxylation sites is 2. The largest absolute Gasteiger partial charge is 0.385 e. The summed E-state index contributed by atoms with van der Waals surface area (Å²) in [5, 5.41) is 13.5. The molecule has 3 aromatic rings. The molecule has 0 saturated heterocycles. The van der Waals surface area contributed by atoms with Crippen LogP contribution in [0.5, 0.6) is 0 Å². The second-order valence-corrected chi connectivity index (χ2v) is 6.06. The highest BCUT2D eigenvalue weighted by atomic mass is 35.5. The first-order chi connectivity index (χ1) is 11.5. The van der Waals surface area contributed by atoms with Crippen LogP contribution in [0.25, 0.3) is 11.0 Å². The number of carbonyl (C=O) groups is 1. The van der Waals surface area contributed by atoms with Gasteiger partial charge in [0.15, 0.2) is 0 Å². The van der Waals surface area contributed by atoms with Crippen molar-refractivity contribution in [2.24, 2.45) is 0 Å². The summed E-state index contributed by atoms with van der Waals surface area (Å²) in [4.78, 5) is 16.7. The average molecular weight is 344 g/mol. The van der Waals surface area contributed by atoms with E-state index in [9.17, 15) is 9.90 Å². The third-order valence-corrected chi connectivity index (χ3v) is 4.01. The zero-order valence-electron chi connectivity index (χ0n) is 13.2. The Balaban J connectivity index is 1.75. The van der Waals surface area contributed by atoms with Gasteiger partial charge >= 0.3 is 0 Å². The van der Waals surface area contributed by atoms with Crippen molar-refractivity contribution >= 4 is 28.5 Å². The van der Waals surface area contributed by atoms with Crippen molar-refractivity contribution in [2.75, 3.05) is 0 Å². The van der Waals surface area contributed by atoms with Gasteiger partial charge in [-0.05, 0) is 36.8 Å². The monoisotopic (exact) mass is 343 g/mol. The standard InChI is InChI=1S/C18H18ClN3O2/c1-12(23)18-21-15-4-2-3-5-16(15)22(18)11-17(24)20-10-13-6-8-14(19)9-7-13/h2-9,12,23H,10-11H2,1H3,(H,20,24). The van der Waals surface area contributed by atoms with Gasteiger partial charge in [-0.15, -0.1) is 0 Å². The molecular weight excluding hydrogens is 326 g/mol. The van der Waals surface area contributed by atoms with Gasteiger partial charge in [0.25, 0.3) is 0 Å². The van der Waals surface area contributed by atoms with E-state index in [4.69, 9.17) is 11.6 Å². The molecule has 0 spiro atoms. The van der Waals surface area contributed by atoms with Crippen LogP contribution in [0.2, 0.25) is 5.02 Å². The van der Waals surface area contributed by atoms with Crippen LogP contribution >= 0.6 is 11.6 Å². The van der Waals surface area contributed by atoms with Crippen molar-refractivity contribution < 1.29 is 9.90 Å². The molecule has 3 rings (SSSR count). The van der Waals surface area contributed by atoms with Crippen molar-refractivity contribution in [1.29, 1.82) is 0 Å². The number of nitrogens with one attached hydrogen (secondary N) is 1. The molecule has 0 fully saturated rings. The predicted octanol–water partition coefficient (Wildman–Crippen LogP) is 3.06. The van der Waals surface area contributed by atoms with Crippen molar-refractivity contribution in [1.82, 2.24) is 14.9 Å². The number of hydrogen-bond acceptors (Lipinski definition) is 3. The predicted molar refractivity (Wildman–Crippen MR) is 93.7 cm³/mol. The summed E-state index contributed by atoms with van der Waals surface area (Å²) < 4.78 is 1.75. The van der Waals surface area contributed by atoms with Crippen molar-refractivity contribution in [3.8, 4) is 0 Å². The van der Waals surface area contributed by atoms with E-state index in [-0.39, 0.29) is 12.5 Å². The molecule has 5 nitrogen and oxygen atoms in total. The summed E-state index contributed by atoms with van der Waals surface area (Å²) in [7, 11) is 0. The van der Waals surface area contributed by atoms with Crippen LogP contribution in [0.3, 0.4) is 0 Å². The molecule has 1 aromatic heterocycles. The fourth-order valence-electron chi connectivity index (χ4n) is 2.58. The lowest BCUT2D eigenvalue weighted by molar-refractivity contribution is -0.121. The second-order valence-electron chi connectivity index (χ2n) is 5.62. The number of hydrogen-bond donors (Lipinski definition) is 2. The molecule has 0 bridgehead atoms. The Hall–Kier alpha value is -2.37. The topological polar surface area (TPSA) is 67.2 Å². The molecule has 0 saturated carbocycles. The Morgan fingerprint density at radius 3 is 2.67 bits per heavy atom. The fourth-order valence-corrected chi connectivity index (χ4v) is 2.71. The zero-order chi connectivity index (χ0) is 17.1. The van der Waals surface area contributed by atoms with Gasteiger partial charge in [-0.1, -0.05) is 35.9 Å². The van der Waals surface area contributed by atoms with E-state index in [2.05, 4.69) is 10.3 Å².